The molecule has 2 nitrogen and oxygen atoms in total. The van der Waals surface area contributed by atoms with E-state index >= 15 is 0 Å². The normalized spacial score (nSPS) is 31.5. The summed E-state index contributed by atoms with van der Waals surface area (Å²) in [4.78, 5) is 14.0. The van der Waals surface area contributed by atoms with Crippen LogP contribution in [-0.2, 0) is 5.41 Å². The van der Waals surface area contributed by atoms with Crippen molar-refractivity contribution in [1.29, 1.82) is 0 Å². The number of hydrogen-bond acceptors (Lipinski definition) is 2. The van der Waals surface area contributed by atoms with Crippen LogP contribution in [0, 0.1) is 0 Å². The summed E-state index contributed by atoms with van der Waals surface area (Å²) in [5.74, 6) is 0.177. The van der Waals surface area contributed by atoms with Crippen LogP contribution in [0.5, 0.6) is 0 Å². The molecule has 1 aromatic carbocycles. The Morgan fingerprint density at radius 2 is 1.82 bits per heavy atom. The molecule has 2 bridgehead atoms. The molecular formula is C15H19NO. The van der Waals surface area contributed by atoms with Gasteiger partial charge in [0, 0.05) is 5.56 Å². The Morgan fingerprint density at radius 1 is 1.18 bits per heavy atom. The Kier molecular flexibility index (Phi) is 2.55. The van der Waals surface area contributed by atoms with E-state index < -0.39 is 0 Å². The second-order valence-corrected chi connectivity index (χ2v) is 5.51. The predicted octanol–water partition coefficient (Wildman–Crippen LogP) is 2.63. The lowest BCUT2D eigenvalue weighted by atomic mass is 9.67. The zero-order valence-electron chi connectivity index (χ0n) is 10.4. The number of ketones is 1. The lowest BCUT2D eigenvalue weighted by molar-refractivity contribution is 0.0816. The first-order valence-electron chi connectivity index (χ1n) is 6.53. The standard InChI is InChI=1S/C15H19NO/c1-12(17)13-3-2-4-14(11-13)15-5-8-16(9-6-15)10-7-15/h2-4,11H,5-10H2,1H3. The van der Waals surface area contributed by atoms with Crippen LogP contribution in [0.25, 0.3) is 0 Å². The van der Waals surface area contributed by atoms with Crippen LogP contribution in [0.3, 0.4) is 0 Å². The van der Waals surface area contributed by atoms with Gasteiger partial charge in [0.05, 0.1) is 0 Å². The average Bonchev–Trinajstić information content (AvgIpc) is 2.41. The zero-order valence-corrected chi connectivity index (χ0v) is 10.4. The minimum atomic E-state index is 0.177. The molecule has 0 saturated carbocycles. The SMILES string of the molecule is CC(=O)c1cccc(C23CCN(CC2)CC3)c1. The monoisotopic (exact) mass is 229 g/mol. The molecule has 90 valence electrons. The molecule has 0 aliphatic carbocycles. The fraction of sp³-hybridized carbons (Fsp3) is 0.533. The maximum atomic E-state index is 11.5. The van der Waals surface area contributed by atoms with E-state index in [2.05, 4.69) is 17.0 Å². The zero-order chi connectivity index (χ0) is 11.9. The van der Waals surface area contributed by atoms with Gasteiger partial charge < -0.3 is 4.90 Å². The van der Waals surface area contributed by atoms with Crippen molar-refractivity contribution < 1.29 is 4.79 Å². The molecule has 3 heterocycles. The van der Waals surface area contributed by atoms with Crippen molar-refractivity contribution in [3.63, 3.8) is 0 Å². The predicted molar refractivity (Wildman–Crippen MR) is 68.4 cm³/mol. The first-order valence-corrected chi connectivity index (χ1v) is 6.53. The van der Waals surface area contributed by atoms with Gasteiger partial charge in [0.2, 0.25) is 0 Å². The lowest BCUT2D eigenvalue weighted by Crippen LogP contribution is -2.50. The molecule has 0 N–H and O–H groups in total. The van der Waals surface area contributed by atoms with Gasteiger partial charge in [0.1, 0.15) is 0 Å². The first kappa shape index (κ1) is 11.0. The van der Waals surface area contributed by atoms with Gasteiger partial charge in [-0.25, -0.2) is 0 Å². The van der Waals surface area contributed by atoms with Crippen molar-refractivity contribution in [2.75, 3.05) is 19.6 Å². The number of piperidine rings is 3. The van der Waals surface area contributed by atoms with Gasteiger partial charge in [0.25, 0.3) is 0 Å². The Morgan fingerprint density at radius 3 is 2.41 bits per heavy atom. The van der Waals surface area contributed by atoms with E-state index in [4.69, 9.17) is 0 Å². The Bertz CT molecular complexity index is 430. The topological polar surface area (TPSA) is 20.3 Å². The molecule has 4 rings (SSSR count). The van der Waals surface area contributed by atoms with Crippen LogP contribution in [-0.4, -0.2) is 30.3 Å². The summed E-state index contributed by atoms with van der Waals surface area (Å²) in [5.41, 5.74) is 2.62. The molecule has 3 fully saturated rings. The molecule has 0 aromatic heterocycles. The van der Waals surface area contributed by atoms with E-state index in [9.17, 15) is 4.79 Å². The molecule has 3 aliphatic rings. The summed E-state index contributed by atoms with van der Waals surface area (Å²) in [6.45, 7) is 5.33. The minimum absolute atomic E-state index is 0.177. The molecule has 3 saturated heterocycles. The van der Waals surface area contributed by atoms with Gasteiger partial charge in [-0.05, 0) is 62.9 Å². The fourth-order valence-corrected chi connectivity index (χ4v) is 3.33. The number of benzene rings is 1. The highest BCUT2D eigenvalue weighted by Crippen LogP contribution is 2.42. The third kappa shape index (κ3) is 1.81. The molecule has 0 atom stereocenters. The van der Waals surface area contributed by atoms with Gasteiger partial charge in [-0.15, -0.1) is 0 Å². The maximum absolute atomic E-state index is 11.5. The number of fused-ring (bicyclic) bond motifs is 3. The fourth-order valence-electron chi connectivity index (χ4n) is 3.33. The van der Waals surface area contributed by atoms with Crippen molar-refractivity contribution >= 4 is 5.78 Å². The highest BCUT2D eigenvalue weighted by atomic mass is 16.1. The van der Waals surface area contributed by atoms with Crippen molar-refractivity contribution in [1.82, 2.24) is 4.90 Å². The highest BCUT2D eigenvalue weighted by Gasteiger charge is 2.40. The van der Waals surface area contributed by atoms with E-state index in [0.29, 0.717) is 5.41 Å². The van der Waals surface area contributed by atoms with E-state index in [1.807, 2.05) is 12.1 Å². The Hall–Kier alpha value is -1.15. The smallest absolute Gasteiger partial charge is 0.159 e. The average molecular weight is 229 g/mol. The highest BCUT2D eigenvalue weighted by molar-refractivity contribution is 5.94. The van der Waals surface area contributed by atoms with Crippen molar-refractivity contribution in [2.45, 2.75) is 31.6 Å². The maximum Gasteiger partial charge on any atom is 0.159 e. The Labute approximate surface area is 103 Å². The Balaban J connectivity index is 1.97. The van der Waals surface area contributed by atoms with Crippen molar-refractivity contribution in [3.8, 4) is 0 Å². The van der Waals surface area contributed by atoms with Crippen LogP contribution in [0.2, 0.25) is 0 Å². The molecule has 0 amide bonds. The quantitative estimate of drug-likeness (QED) is 0.727. The van der Waals surface area contributed by atoms with E-state index in [0.717, 1.165) is 5.56 Å². The lowest BCUT2D eigenvalue weighted by Gasteiger charge is -2.49. The van der Waals surface area contributed by atoms with E-state index in [1.165, 1.54) is 44.5 Å². The molecule has 0 unspecified atom stereocenters. The number of hydrogen-bond donors (Lipinski definition) is 0. The van der Waals surface area contributed by atoms with Gasteiger partial charge in [0.15, 0.2) is 5.78 Å². The third-order valence-corrected chi connectivity index (χ3v) is 4.60. The summed E-state index contributed by atoms with van der Waals surface area (Å²) in [5, 5.41) is 0. The molecule has 0 radical (unpaired) electrons. The van der Waals surface area contributed by atoms with Crippen molar-refractivity contribution in [3.05, 3.63) is 35.4 Å². The van der Waals surface area contributed by atoms with Gasteiger partial charge in [-0.2, -0.15) is 0 Å². The van der Waals surface area contributed by atoms with Crippen LogP contribution >= 0.6 is 0 Å². The summed E-state index contributed by atoms with van der Waals surface area (Å²) in [7, 11) is 0. The molecule has 0 spiro atoms. The van der Waals surface area contributed by atoms with Gasteiger partial charge in [-0.1, -0.05) is 18.2 Å². The van der Waals surface area contributed by atoms with Crippen LogP contribution in [0.4, 0.5) is 0 Å². The molecule has 3 aliphatic heterocycles. The molecule has 17 heavy (non-hydrogen) atoms. The van der Waals surface area contributed by atoms with Crippen LogP contribution in [0.1, 0.15) is 42.1 Å². The summed E-state index contributed by atoms with van der Waals surface area (Å²) < 4.78 is 0. The summed E-state index contributed by atoms with van der Waals surface area (Å²) in [6.07, 6.45) is 3.77. The third-order valence-electron chi connectivity index (χ3n) is 4.60. The number of carbonyl (C=O) groups excluding carboxylic acids is 1. The minimum Gasteiger partial charge on any atom is -0.303 e. The van der Waals surface area contributed by atoms with Crippen LogP contribution < -0.4 is 0 Å². The number of rotatable bonds is 2. The second kappa shape index (κ2) is 3.95. The molecule has 1 aromatic rings. The number of Topliss-reactive ketones (excluding diaryl/α,β-unsaturated/α-hetero) is 1. The largest absolute Gasteiger partial charge is 0.303 e. The van der Waals surface area contributed by atoms with E-state index in [-0.39, 0.29) is 5.78 Å². The van der Waals surface area contributed by atoms with E-state index in [1.54, 1.807) is 6.92 Å². The first-order chi connectivity index (χ1) is 8.20. The van der Waals surface area contributed by atoms with Gasteiger partial charge >= 0.3 is 0 Å². The number of nitrogens with zero attached hydrogens (tertiary/aromatic N) is 1. The summed E-state index contributed by atoms with van der Waals surface area (Å²) >= 11 is 0. The van der Waals surface area contributed by atoms with Gasteiger partial charge in [-0.3, -0.25) is 4.79 Å². The second-order valence-electron chi connectivity index (χ2n) is 5.51. The number of carbonyl (C=O) groups is 1. The molecular weight excluding hydrogens is 210 g/mol. The molecule has 2 heteroatoms. The summed E-state index contributed by atoms with van der Waals surface area (Å²) in [6, 6.07) is 8.32. The van der Waals surface area contributed by atoms with Crippen molar-refractivity contribution in [2.24, 2.45) is 0 Å². The van der Waals surface area contributed by atoms with Crippen LogP contribution in [0.15, 0.2) is 24.3 Å².